The third-order valence-electron chi connectivity index (χ3n) is 6.28. The molecule has 2 amide bonds. The van der Waals surface area contributed by atoms with Gasteiger partial charge in [0.2, 0.25) is 5.91 Å². The Kier molecular flexibility index (Phi) is 3.71. The molecule has 3 aliphatic rings. The van der Waals surface area contributed by atoms with Crippen LogP contribution in [-0.4, -0.2) is 30.7 Å². The molecule has 2 aromatic rings. The molecule has 2 unspecified atom stereocenters. The Balaban J connectivity index is 1.24. The molecule has 5 rings (SSSR count). The van der Waals surface area contributed by atoms with Crippen molar-refractivity contribution in [2.24, 2.45) is 5.92 Å². The Hall–Kier alpha value is -2.82. The van der Waals surface area contributed by atoms with Crippen LogP contribution >= 0.6 is 0 Å². The molecule has 2 fully saturated rings. The highest BCUT2D eigenvalue weighted by Gasteiger charge is 2.49. The van der Waals surface area contributed by atoms with Gasteiger partial charge in [-0.25, -0.2) is 4.79 Å². The van der Waals surface area contributed by atoms with E-state index < -0.39 is 6.09 Å². The van der Waals surface area contributed by atoms with Crippen molar-refractivity contribution in [2.75, 3.05) is 13.2 Å². The lowest BCUT2D eigenvalue weighted by atomic mass is 9.98. The molecule has 2 N–H and O–H groups in total. The van der Waals surface area contributed by atoms with E-state index >= 15 is 0 Å². The molecular formula is C22H22N2O3. The maximum atomic E-state index is 12.3. The fraction of sp³-hybridized carbons (Fsp3) is 0.364. The number of carbonyl (C=O) groups is 2. The average Bonchev–Trinajstić information content (AvgIpc) is 3.34. The Morgan fingerprint density at radius 1 is 1.11 bits per heavy atom. The van der Waals surface area contributed by atoms with Crippen LogP contribution in [0.1, 0.15) is 36.3 Å². The number of benzene rings is 2. The second kappa shape index (κ2) is 6.12. The van der Waals surface area contributed by atoms with Crippen molar-refractivity contribution in [3.05, 3.63) is 59.7 Å². The third-order valence-corrected chi connectivity index (χ3v) is 6.28. The van der Waals surface area contributed by atoms with Crippen LogP contribution < -0.4 is 10.6 Å². The SMILES string of the molecule is O=C(NCC12CCC(C1)C(=O)N2)OCC1c2ccccc2-c2ccccc21. The molecule has 2 atom stereocenters. The van der Waals surface area contributed by atoms with Gasteiger partial charge in [-0.15, -0.1) is 0 Å². The summed E-state index contributed by atoms with van der Waals surface area (Å²) in [5, 5.41) is 5.90. The van der Waals surface area contributed by atoms with Gasteiger partial charge in [-0.2, -0.15) is 0 Å². The maximum absolute atomic E-state index is 12.3. The summed E-state index contributed by atoms with van der Waals surface area (Å²) in [4.78, 5) is 24.1. The van der Waals surface area contributed by atoms with Crippen LogP contribution in [0.25, 0.3) is 11.1 Å². The molecule has 2 aromatic carbocycles. The summed E-state index contributed by atoms with van der Waals surface area (Å²) < 4.78 is 5.57. The van der Waals surface area contributed by atoms with Gasteiger partial charge in [0.25, 0.3) is 0 Å². The molecular weight excluding hydrogens is 340 g/mol. The second-order valence-electron chi connectivity index (χ2n) is 7.89. The second-order valence-corrected chi connectivity index (χ2v) is 7.89. The van der Waals surface area contributed by atoms with Crippen LogP contribution in [-0.2, 0) is 9.53 Å². The number of ether oxygens (including phenoxy) is 1. The van der Waals surface area contributed by atoms with E-state index in [9.17, 15) is 9.59 Å². The molecule has 5 nitrogen and oxygen atoms in total. The van der Waals surface area contributed by atoms with Crippen LogP contribution in [0.3, 0.4) is 0 Å². The number of alkyl carbamates (subject to hydrolysis) is 1. The minimum Gasteiger partial charge on any atom is -0.449 e. The molecule has 0 spiro atoms. The van der Waals surface area contributed by atoms with Gasteiger partial charge in [0.15, 0.2) is 0 Å². The average molecular weight is 362 g/mol. The van der Waals surface area contributed by atoms with Gasteiger partial charge in [-0.05, 0) is 41.5 Å². The highest BCUT2D eigenvalue weighted by Crippen LogP contribution is 2.44. The van der Waals surface area contributed by atoms with Gasteiger partial charge < -0.3 is 15.4 Å². The van der Waals surface area contributed by atoms with E-state index in [0.717, 1.165) is 19.3 Å². The van der Waals surface area contributed by atoms with Gasteiger partial charge in [-0.1, -0.05) is 48.5 Å². The largest absolute Gasteiger partial charge is 0.449 e. The first-order valence-corrected chi connectivity index (χ1v) is 9.56. The van der Waals surface area contributed by atoms with Gasteiger partial charge in [0, 0.05) is 18.4 Å². The van der Waals surface area contributed by atoms with Gasteiger partial charge >= 0.3 is 6.09 Å². The van der Waals surface area contributed by atoms with E-state index in [1.807, 2.05) is 24.3 Å². The molecule has 1 saturated heterocycles. The third kappa shape index (κ3) is 2.69. The Bertz CT molecular complexity index is 880. The van der Waals surface area contributed by atoms with E-state index in [1.54, 1.807) is 0 Å². The van der Waals surface area contributed by atoms with Crippen molar-refractivity contribution < 1.29 is 14.3 Å². The number of rotatable bonds is 4. The quantitative estimate of drug-likeness (QED) is 0.878. The van der Waals surface area contributed by atoms with E-state index in [0.29, 0.717) is 13.2 Å². The molecule has 5 heteroatoms. The summed E-state index contributed by atoms with van der Waals surface area (Å²) in [6.45, 7) is 0.744. The van der Waals surface area contributed by atoms with Crippen molar-refractivity contribution in [1.82, 2.24) is 10.6 Å². The molecule has 2 bridgehead atoms. The molecule has 0 aromatic heterocycles. The summed E-state index contributed by atoms with van der Waals surface area (Å²) in [5.41, 5.74) is 4.56. The van der Waals surface area contributed by atoms with Crippen molar-refractivity contribution in [2.45, 2.75) is 30.7 Å². The zero-order chi connectivity index (χ0) is 18.4. The molecule has 27 heavy (non-hydrogen) atoms. The fourth-order valence-corrected chi connectivity index (χ4v) is 4.92. The van der Waals surface area contributed by atoms with Crippen LogP contribution in [0.15, 0.2) is 48.5 Å². The molecule has 138 valence electrons. The Labute approximate surface area is 158 Å². The zero-order valence-electron chi connectivity index (χ0n) is 15.0. The number of piperidine rings is 1. The first kappa shape index (κ1) is 16.4. The Morgan fingerprint density at radius 3 is 2.37 bits per heavy atom. The molecule has 1 heterocycles. The van der Waals surface area contributed by atoms with Gasteiger partial charge in [0.05, 0.1) is 5.54 Å². The highest BCUT2D eigenvalue weighted by atomic mass is 16.5. The summed E-state index contributed by atoms with van der Waals surface area (Å²) >= 11 is 0. The number of nitrogens with one attached hydrogen (secondary N) is 2. The van der Waals surface area contributed by atoms with Crippen molar-refractivity contribution in [3.8, 4) is 11.1 Å². The van der Waals surface area contributed by atoms with Crippen LogP contribution in [0.5, 0.6) is 0 Å². The summed E-state index contributed by atoms with van der Waals surface area (Å²) in [6, 6.07) is 16.6. The summed E-state index contributed by atoms with van der Waals surface area (Å²) in [7, 11) is 0. The number of fused-ring (bicyclic) bond motifs is 5. The summed E-state index contributed by atoms with van der Waals surface area (Å²) in [5.74, 6) is 0.299. The number of hydrogen-bond acceptors (Lipinski definition) is 3. The number of amides is 2. The Morgan fingerprint density at radius 2 is 1.78 bits per heavy atom. The predicted octanol–water partition coefficient (Wildman–Crippen LogP) is 3.19. The number of hydrogen-bond donors (Lipinski definition) is 2. The van der Waals surface area contributed by atoms with Crippen LogP contribution in [0, 0.1) is 5.92 Å². The molecule has 0 radical (unpaired) electrons. The standard InChI is InChI=1S/C22H22N2O3/c25-20-14-9-10-22(11-14,24-20)13-23-21(26)27-12-19-17-7-3-1-5-15(17)16-6-2-4-8-18(16)19/h1-8,14,19H,9-13H2,(H,23,26)(H,24,25). The first-order chi connectivity index (χ1) is 13.2. The lowest BCUT2D eigenvalue weighted by Gasteiger charge is -2.27. The minimum atomic E-state index is -0.421. The number of carbonyl (C=O) groups excluding carboxylic acids is 2. The van der Waals surface area contributed by atoms with E-state index in [2.05, 4.69) is 34.9 Å². The normalized spacial score (nSPS) is 25.0. The van der Waals surface area contributed by atoms with Gasteiger partial charge in [0.1, 0.15) is 6.61 Å². The lowest BCUT2D eigenvalue weighted by molar-refractivity contribution is -0.124. The predicted molar refractivity (Wildman–Crippen MR) is 101 cm³/mol. The zero-order valence-corrected chi connectivity index (χ0v) is 15.0. The highest BCUT2D eigenvalue weighted by molar-refractivity contribution is 5.83. The smallest absolute Gasteiger partial charge is 0.407 e. The fourth-order valence-electron chi connectivity index (χ4n) is 4.92. The molecule has 1 saturated carbocycles. The topological polar surface area (TPSA) is 67.4 Å². The van der Waals surface area contributed by atoms with Crippen molar-refractivity contribution in [3.63, 3.8) is 0 Å². The maximum Gasteiger partial charge on any atom is 0.407 e. The van der Waals surface area contributed by atoms with Crippen molar-refractivity contribution in [1.29, 1.82) is 0 Å². The minimum absolute atomic E-state index is 0.0587. The monoisotopic (exact) mass is 362 g/mol. The lowest BCUT2D eigenvalue weighted by Crippen LogP contribution is -2.51. The molecule has 1 aliphatic heterocycles. The van der Waals surface area contributed by atoms with E-state index in [4.69, 9.17) is 4.74 Å². The van der Waals surface area contributed by atoms with E-state index in [-0.39, 0.29) is 23.3 Å². The van der Waals surface area contributed by atoms with Crippen LogP contribution in [0.2, 0.25) is 0 Å². The van der Waals surface area contributed by atoms with Crippen LogP contribution in [0.4, 0.5) is 4.79 Å². The van der Waals surface area contributed by atoms with Crippen molar-refractivity contribution >= 4 is 12.0 Å². The first-order valence-electron chi connectivity index (χ1n) is 9.56. The van der Waals surface area contributed by atoms with Gasteiger partial charge in [-0.3, -0.25) is 4.79 Å². The van der Waals surface area contributed by atoms with E-state index in [1.165, 1.54) is 22.3 Å². The summed E-state index contributed by atoms with van der Waals surface area (Å²) in [6.07, 6.45) is 2.23. The molecule has 2 aliphatic carbocycles.